The minimum atomic E-state index is -0.497. The highest BCUT2D eigenvalue weighted by Gasteiger charge is 2.19. The van der Waals surface area contributed by atoms with E-state index in [1.807, 2.05) is 13.8 Å². The van der Waals surface area contributed by atoms with Gasteiger partial charge in [-0.25, -0.2) is 0 Å². The van der Waals surface area contributed by atoms with Gasteiger partial charge in [-0.05, 0) is 24.1 Å². The minimum absolute atomic E-state index is 0.154. The summed E-state index contributed by atoms with van der Waals surface area (Å²) in [4.78, 5) is 11.9. The van der Waals surface area contributed by atoms with E-state index in [9.17, 15) is 4.79 Å². The number of nitrogens with two attached hydrogens (primary N) is 1. The van der Waals surface area contributed by atoms with E-state index in [0.29, 0.717) is 11.2 Å². The number of hydrogen-bond acceptors (Lipinski definition) is 4. The zero-order chi connectivity index (χ0) is 13.1. The van der Waals surface area contributed by atoms with E-state index in [1.165, 1.54) is 0 Å². The molecule has 2 aromatic rings. The summed E-state index contributed by atoms with van der Waals surface area (Å²) in [6.07, 6.45) is 0.872. The van der Waals surface area contributed by atoms with Gasteiger partial charge in [0.2, 0.25) is 5.91 Å². The zero-order valence-electron chi connectivity index (χ0n) is 10.5. The highest BCUT2D eigenvalue weighted by atomic mass is 16.2. The first kappa shape index (κ1) is 12.5. The van der Waals surface area contributed by atoms with Crippen LogP contribution in [0.15, 0.2) is 18.2 Å². The van der Waals surface area contributed by atoms with Crippen LogP contribution in [0, 0.1) is 5.92 Å². The molecular formula is C12H17N5O. The lowest BCUT2D eigenvalue weighted by molar-refractivity contribution is -0.118. The van der Waals surface area contributed by atoms with E-state index in [4.69, 9.17) is 5.73 Å². The fraction of sp³-hybridized carbons (Fsp3) is 0.417. The largest absolute Gasteiger partial charge is 0.325 e. The molecule has 0 aliphatic rings. The lowest BCUT2D eigenvalue weighted by Crippen LogP contribution is -2.40. The molecule has 1 amide bonds. The van der Waals surface area contributed by atoms with E-state index in [1.54, 1.807) is 18.2 Å². The van der Waals surface area contributed by atoms with Gasteiger partial charge in [-0.1, -0.05) is 20.3 Å². The predicted molar refractivity (Wildman–Crippen MR) is 69.9 cm³/mol. The second-order valence-electron chi connectivity index (χ2n) is 4.43. The number of fused-ring (bicyclic) bond motifs is 1. The van der Waals surface area contributed by atoms with Crippen LogP contribution in [0.3, 0.4) is 0 Å². The summed E-state index contributed by atoms with van der Waals surface area (Å²) in [6, 6.07) is 4.85. The molecule has 4 N–H and O–H groups in total. The summed E-state index contributed by atoms with van der Waals surface area (Å²) >= 11 is 0. The van der Waals surface area contributed by atoms with Crippen molar-refractivity contribution >= 4 is 22.6 Å². The van der Waals surface area contributed by atoms with Crippen LogP contribution < -0.4 is 11.1 Å². The SMILES string of the molecule is CCC(C)C(N)C(=O)Nc1ccc2n[nH]nc2c1. The molecule has 6 heteroatoms. The molecule has 2 rings (SSSR count). The third kappa shape index (κ3) is 2.48. The van der Waals surface area contributed by atoms with Gasteiger partial charge >= 0.3 is 0 Å². The molecule has 2 unspecified atom stereocenters. The number of aromatic amines is 1. The average Bonchev–Trinajstić information content (AvgIpc) is 2.84. The highest BCUT2D eigenvalue weighted by molar-refractivity contribution is 5.96. The molecule has 1 heterocycles. The van der Waals surface area contributed by atoms with Crippen molar-refractivity contribution in [3.05, 3.63) is 18.2 Å². The van der Waals surface area contributed by atoms with Crippen LogP contribution >= 0.6 is 0 Å². The number of H-pyrrole nitrogens is 1. The lowest BCUT2D eigenvalue weighted by Gasteiger charge is -2.17. The number of anilines is 1. The third-order valence-electron chi connectivity index (χ3n) is 3.14. The van der Waals surface area contributed by atoms with Gasteiger partial charge in [-0.2, -0.15) is 15.4 Å². The van der Waals surface area contributed by atoms with Crippen LogP contribution in [-0.2, 0) is 4.79 Å². The minimum Gasteiger partial charge on any atom is -0.325 e. The number of rotatable bonds is 4. The van der Waals surface area contributed by atoms with Gasteiger partial charge < -0.3 is 11.1 Å². The van der Waals surface area contributed by atoms with E-state index >= 15 is 0 Å². The topological polar surface area (TPSA) is 96.7 Å². The van der Waals surface area contributed by atoms with Gasteiger partial charge in [-0.15, -0.1) is 0 Å². The maximum absolute atomic E-state index is 11.9. The monoisotopic (exact) mass is 247 g/mol. The number of aromatic nitrogens is 3. The number of carbonyl (C=O) groups excluding carboxylic acids is 1. The number of nitrogens with one attached hydrogen (secondary N) is 2. The quantitative estimate of drug-likeness (QED) is 0.758. The Kier molecular flexibility index (Phi) is 3.57. The van der Waals surface area contributed by atoms with Gasteiger partial charge in [0.25, 0.3) is 0 Å². The Morgan fingerprint density at radius 1 is 1.44 bits per heavy atom. The summed E-state index contributed by atoms with van der Waals surface area (Å²) in [5.74, 6) is -0.0204. The summed E-state index contributed by atoms with van der Waals surface area (Å²) in [7, 11) is 0. The Morgan fingerprint density at radius 3 is 2.89 bits per heavy atom. The van der Waals surface area contributed by atoms with Crippen molar-refractivity contribution in [3.63, 3.8) is 0 Å². The van der Waals surface area contributed by atoms with Crippen molar-refractivity contribution in [2.24, 2.45) is 11.7 Å². The number of benzene rings is 1. The van der Waals surface area contributed by atoms with Crippen LogP contribution in [-0.4, -0.2) is 27.4 Å². The van der Waals surface area contributed by atoms with Crippen LogP contribution in [0.2, 0.25) is 0 Å². The lowest BCUT2D eigenvalue weighted by atomic mass is 9.99. The van der Waals surface area contributed by atoms with Crippen molar-refractivity contribution in [3.8, 4) is 0 Å². The number of nitrogens with zero attached hydrogens (tertiary/aromatic N) is 2. The third-order valence-corrected chi connectivity index (χ3v) is 3.14. The van der Waals surface area contributed by atoms with E-state index in [0.717, 1.165) is 11.9 Å². The highest BCUT2D eigenvalue weighted by Crippen LogP contribution is 2.16. The second kappa shape index (κ2) is 5.14. The van der Waals surface area contributed by atoms with Gasteiger partial charge in [0.05, 0.1) is 6.04 Å². The fourth-order valence-corrected chi connectivity index (χ4v) is 1.66. The molecule has 0 spiro atoms. The average molecular weight is 247 g/mol. The second-order valence-corrected chi connectivity index (χ2v) is 4.43. The maximum Gasteiger partial charge on any atom is 0.241 e. The molecule has 0 aliphatic heterocycles. The Labute approximate surface area is 105 Å². The summed E-state index contributed by atoms with van der Waals surface area (Å²) < 4.78 is 0. The van der Waals surface area contributed by atoms with E-state index < -0.39 is 6.04 Å². The fourth-order valence-electron chi connectivity index (χ4n) is 1.66. The van der Waals surface area contributed by atoms with Gasteiger partial charge in [0.15, 0.2) is 0 Å². The molecule has 0 bridgehead atoms. The van der Waals surface area contributed by atoms with Crippen LogP contribution in [0.4, 0.5) is 5.69 Å². The maximum atomic E-state index is 11.9. The van der Waals surface area contributed by atoms with Gasteiger partial charge in [-0.3, -0.25) is 4.79 Å². The zero-order valence-corrected chi connectivity index (χ0v) is 10.5. The van der Waals surface area contributed by atoms with Gasteiger partial charge in [0, 0.05) is 5.69 Å². The normalized spacial score (nSPS) is 14.4. The van der Waals surface area contributed by atoms with E-state index in [2.05, 4.69) is 20.7 Å². The Balaban J connectivity index is 2.10. The van der Waals surface area contributed by atoms with Crippen molar-refractivity contribution in [1.29, 1.82) is 0 Å². The first-order chi connectivity index (χ1) is 8.61. The molecule has 2 atom stereocenters. The molecule has 0 radical (unpaired) electrons. The molecule has 0 aliphatic carbocycles. The molecule has 0 fully saturated rings. The molecule has 0 saturated heterocycles. The molecule has 1 aromatic carbocycles. The van der Waals surface area contributed by atoms with Crippen LogP contribution in [0.5, 0.6) is 0 Å². The van der Waals surface area contributed by atoms with Crippen molar-refractivity contribution < 1.29 is 4.79 Å². The Hall–Kier alpha value is -1.95. The first-order valence-corrected chi connectivity index (χ1v) is 5.98. The van der Waals surface area contributed by atoms with Crippen molar-refractivity contribution in [1.82, 2.24) is 15.4 Å². The first-order valence-electron chi connectivity index (χ1n) is 5.98. The van der Waals surface area contributed by atoms with Crippen LogP contribution in [0.25, 0.3) is 11.0 Å². The van der Waals surface area contributed by atoms with Crippen molar-refractivity contribution in [2.45, 2.75) is 26.3 Å². The van der Waals surface area contributed by atoms with Crippen LogP contribution in [0.1, 0.15) is 20.3 Å². The standard InChI is InChI=1S/C12H17N5O/c1-3-7(2)11(13)12(18)14-8-4-5-9-10(6-8)16-17-15-9/h4-7,11H,3,13H2,1-2H3,(H,14,18)(H,15,16,17). The predicted octanol–water partition coefficient (Wildman–Crippen LogP) is 1.27. The van der Waals surface area contributed by atoms with E-state index in [-0.39, 0.29) is 11.8 Å². The molecule has 6 nitrogen and oxygen atoms in total. The summed E-state index contributed by atoms with van der Waals surface area (Å²) in [5, 5.41) is 13.2. The number of carbonyl (C=O) groups is 1. The summed E-state index contributed by atoms with van der Waals surface area (Å²) in [6.45, 7) is 3.98. The molecular weight excluding hydrogens is 230 g/mol. The summed E-state index contributed by atoms with van der Waals surface area (Å²) in [5.41, 5.74) is 8.02. The Morgan fingerprint density at radius 2 is 2.17 bits per heavy atom. The number of amides is 1. The molecule has 0 saturated carbocycles. The molecule has 96 valence electrons. The molecule has 18 heavy (non-hydrogen) atoms. The smallest absolute Gasteiger partial charge is 0.241 e. The van der Waals surface area contributed by atoms with Crippen molar-refractivity contribution in [2.75, 3.05) is 5.32 Å². The molecule has 1 aromatic heterocycles. The Bertz CT molecular complexity index is 550. The van der Waals surface area contributed by atoms with Gasteiger partial charge in [0.1, 0.15) is 11.0 Å². The number of hydrogen-bond donors (Lipinski definition) is 3.